The molecule has 2 aliphatic rings. The highest BCUT2D eigenvalue weighted by Gasteiger charge is 2.40. The molecule has 0 aromatic heterocycles. The van der Waals surface area contributed by atoms with E-state index >= 15 is 0 Å². The molecule has 5 heteroatoms. The number of nitrogens with one attached hydrogen (secondary N) is 1. The number of amides is 1. The first-order valence-corrected chi connectivity index (χ1v) is 11.0. The van der Waals surface area contributed by atoms with Gasteiger partial charge in [0.2, 0.25) is 5.91 Å². The second-order valence-corrected chi connectivity index (χ2v) is 8.46. The molecule has 1 amide bonds. The Kier molecular flexibility index (Phi) is 7.36. The number of rotatable bonds is 8. The van der Waals surface area contributed by atoms with Crippen LogP contribution in [0.4, 0.5) is 0 Å². The van der Waals surface area contributed by atoms with Crippen LogP contribution >= 0.6 is 0 Å². The third kappa shape index (κ3) is 4.69. The van der Waals surface area contributed by atoms with Gasteiger partial charge >= 0.3 is 0 Å². The zero-order valence-corrected chi connectivity index (χ0v) is 17.7. The van der Waals surface area contributed by atoms with Gasteiger partial charge in [0.15, 0.2) is 0 Å². The molecule has 0 aliphatic heterocycles. The Morgan fingerprint density at radius 3 is 2.54 bits per heavy atom. The quantitative estimate of drug-likeness (QED) is 0.718. The van der Waals surface area contributed by atoms with Crippen molar-refractivity contribution in [3.05, 3.63) is 29.8 Å². The number of benzene rings is 1. The normalized spacial score (nSPS) is 28.0. The van der Waals surface area contributed by atoms with E-state index in [4.69, 9.17) is 10.5 Å². The molecule has 2 fully saturated rings. The first kappa shape index (κ1) is 21.1. The Bertz CT molecular complexity index is 632. The maximum atomic E-state index is 13.0. The number of fused-ring (bicyclic) bond motifs is 2. The van der Waals surface area contributed by atoms with Gasteiger partial charge in [-0.15, -0.1) is 0 Å². The summed E-state index contributed by atoms with van der Waals surface area (Å²) in [7, 11) is 1.69. The minimum absolute atomic E-state index is 0.123. The fourth-order valence-corrected chi connectivity index (χ4v) is 5.32. The zero-order chi connectivity index (χ0) is 20.1. The van der Waals surface area contributed by atoms with Gasteiger partial charge in [-0.05, 0) is 68.3 Å². The Balaban J connectivity index is 1.66. The summed E-state index contributed by atoms with van der Waals surface area (Å²) in [4.78, 5) is 15.4. The van der Waals surface area contributed by atoms with Gasteiger partial charge in [-0.1, -0.05) is 32.4 Å². The van der Waals surface area contributed by atoms with E-state index in [0.29, 0.717) is 24.4 Å². The highest BCUT2D eigenvalue weighted by molar-refractivity contribution is 5.78. The molecule has 1 aromatic carbocycles. The molecule has 2 bridgehead atoms. The van der Waals surface area contributed by atoms with Crippen LogP contribution in [0.2, 0.25) is 0 Å². The lowest BCUT2D eigenvalue weighted by atomic mass is 9.65. The topological polar surface area (TPSA) is 67.6 Å². The first-order chi connectivity index (χ1) is 13.6. The molecular weight excluding hydrogens is 350 g/mol. The van der Waals surface area contributed by atoms with E-state index in [1.807, 2.05) is 12.1 Å². The molecule has 3 N–H and O–H groups in total. The van der Waals surface area contributed by atoms with Crippen molar-refractivity contribution in [2.45, 2.75) is 58.0 Å². The van der Waals surface area contributed by atoms with Gasteiger partial charge in [0.05, 0.1) is 13.2 Å². The molecule has 28 heavy (non-hydrogen) atoms. The maximum Gasteiger partial charge on any atom is 0.223 e. The molecule has 156 valence electrons. The number of likely N-dealkylation sites (N-methyl/N-ethyl adjacent to an activating group) is 1. The zero-order valence-electron chi connectivity index (χ0n) is 17.7. The van der Waals surface area contributed by atoms with Crippen LogP contribution < -0.4 is 15.8 Å². The average Bonchev–Trinajstić information content (AvgIpc) is 2.70. The highest BCUT2D eigenvalue weighted by atomic mass is 16.5. The number of nitrogens with two attached hydrogens (primary N) is 1. The molecular formula is C23H37N3O2. The van der Waals surface area contributed by atoms with E-state index in [9.17, 15) is 4.79 Å². The van der Waals surface area contributed by atoms with Gasteiger partial charge in [0.25, 0.3) is 0 Å². The van der Waals surface area contributed by atoms with E-state index in [2.05, 4.69) is 36.2 Å². The standard InChI is InChI=1S/C23H37N3O2/c1-4-26(5-2)21(16-8-7-11-20(14-16)28-3)15-25-23(27)19-12-17-9-6-10-18(13-19)22(17)24/h7-8,11,14,17-19,21-22H,4-6,9-10,12-13,15,24H2,1-3H3,(H,25,27). The van der Waals surface area contributed by atoms with Crippen molar-refractivity contribution in [3.63, 3.8) is 0 Å². The largest absolute Gasteiger partial charge is 0.497 e. The van der Waals surface area contributed by atoms with Crippen molar-refractivity contribution < 1.29 is 9.53 Å². The smallest absolute Gasteiger partial charge is 0.223 e. The molecule has 3 atom stereocenters. The van der Waals surface area contributed by atoms with E-state index in [1.165, 1.54) is 24.8 Å². The molecule has 1 aromatic rings. The molecule has 0 radical (unpaired) electrons. The van der Waals surface area contributed by atoms with Crippen LogP contribution in [0.5, 0.6) is 5.75 Å². The summed E-state index contributed by atoms with van der Waals surface area (Å²) in [5, 5.41) is 3.28. The Morgan fingerprint density at radius 1 is 1.25 bits per heavy atom. The summed E-state index contributed by atoms with van der Waals surface area (Å²) >= 11 is 0. The Labute approximate surface area is 170 Å². The number of hydrogen-bond donors (Lipinski definition) is 2. The minimum Gasteiger partial charge on any atom is -0.497 e. The number of carbonyl (C=O) groups is 1. The number of nitrogens with zero attached hydrogens (tertiary/aromatic N) is 1. The molecule has 5 nitrogen and oxygen atoms in total. The van der Waals surface area contributed by atoms with Crippen LogP contribution in [0.25, 0.3) is 0 Å². The summed E-state index contributed by atoms with van der Waals surface area (Å²) in [6.07, 6.45) is 5.56. The molecule has 2 aliphatic carbocycles. The second-order valence-electron chi connectivity index (χ2n) is 8.46. The van der Waals surface area contributed by atoms with Crippen LogP contribution in [0.15, 0.2) is 24.3 Å². The van der Waals surface area contributed by atoms with Crippen molar-refractivity contribution in [3.8, 4) is 5.75 Å². The second kappa shape index (κ2) is 9.75. The van der Waals surface area contributed by atoms with Crippen molar-refractivity contribution in [2.75, 3.05) is 26.7 Å². The van der Waals surface area contributed by atoms with E-state index < -0.39 is 0 Å². The predicted octanol–water partition coefficient (Wildman–Crippen LogP) is 3.35. The molecule has 0 spiro atoms. The van der Waals surface area contributed by atoms with Gasteiger partial charge in [-0.25, -0.2) is 0 Å². The van der Waals surface area contributed by atoms with Crippen LogP contribution in [0.1, 0.15) is 57.6 Å². The first-order valence-electron chi connectivity index (χ1n) is 11.0. The molecule has 0 heterocycles. The van der Waals surface area contributed by atoms with Crippen molar-refractivity contribution in [1.29, 1.82) is 0 Å². The fraction of sp³-hybridized carbons (Fsp3) is 0.696. The number of ether oxygens (including phenoxy) is 1. The fourth-order valence-electron chi connectivity index (χ4n) is 5.32. The van der Waals surface area contributed by atoms with Gasteiger partial charge < -0.3 is 15.8 Å². The number of methoxy groups -OCH3 is 1. The Hall–Kier alpha value is -1.59. The van der Waals surface area contributed by atoms with Gasteiger partial charge in [0.1, 0.15) is 5.75 Å². The third-order valence-electron chi connectivity index (χ3n) is 6.99. The highest BCUT2D eigenvalue weighted by Crippen LogP contribution is 2.42. The van der Waals surface area contributed by atoms with Crippen molar-refractivity contribution >= 4 is 5.91 Å². The van der Waals surface area contributed by atoms with Crippen molar-refractivity contribution in [2.24, 2.45) is 23.5 Å². The molecule has 3 rings (SSSR count). The number of carbonyl (C=O) groups excluding carboxylic acids is 1. The van der Waals surface area contributed by atoms with Gasteiger partial charge in [-0.3, -0.25) is 9.69 Å². The van der Waals surface area contributed by atoms with Crippen molar-refractivity contribution in [1.82, 2.24) is 10.2 Å². The summed E-state index contributed by atoms with van der Waals surface area (Å²) in [6, 6.07) is 8.65. The van der Waals surface area contributed by atoms with Crippen LogP contribution in [0.3, 0.4) is 0 Å². The number of hydrogen-bond acceptors (Lipinski definition) is 4. The van der Waals surface area contributed by atoms with Gasteiger partial charge in [0, 0.05) is 18.5 Å². The van der Waals surface area contributed by atoms with E-state index in [-0.39, 0.29) is 17.9 Å². The average molecular weight is 388 g/mol. The summed E-state index contributed by atoms with van der Waals surface area (Å²) < 4.78 is 5.41. The monoisotopic (exact) mass is 387 g/mol. The van der Waals surface area contributed by atoms with Crippen LogP contribution in [-0.2, 0) is 4.79 Å². The van der Waals surface area contributed by atoms with Gasteiger partial charge in [-0.2, -0.15) is 0 Å². The SMILES string of the molecule is CCN(CC)C(CNC(=O)C1CC2CCCC(C1)C2N)c1cccc(OC)c1. The van der Waals surface area contributed by atoms with Crippen LogP contribution in [0, 0.1) is 17.8 Å². The van der Waals surface area contributed by atoms with E-state index in [1.54, 1.807) is 7.11 Å². The molecule has 0 saturated heterocycles. The lowest BCUT2D eigenvalue weighted by Gasteiger charge is -2.43. The van der Waals surface area contributed by atoms with E-state index in [0.717, 1.165) is 31.7 Å². The summed E-state index contributed by atoms with van der Waals surface area (Å²) in [6.45, 7) is 6.85. The maximum absolute atomic E-state index is 13.0. The van der Waals surface area contributed by atoms with Crippen LogP contribution in [-0.4, -0.2) is 43.6 Å². The lowest BCUT2D eigenvalue weighted by molar-refractivity contribution is -0.128. The summed E-state index contributed by atoms with van der Waals surface area (Å²) in [5.74, 6) is 2.25. The molecule has 3 unspecified atom stereocenters. The third-order valence-corrected chi connectivity index (χ3v) is 6.99. The summed E-state index contributed by atoms with van der Waals surface area (Å²) in [5.41, 5.74) is 7.58. The predicted molar refractivity (Wildman–Crippen MR) is 113 cm³/mol. The lowest BCUT2D eigenvalue weighted by Crippen LogP contribution is -2.49. The minimum atomic E-state index is 0.123. The molecule has 2 saturated carbocycles. The Morgan fingerprint density at radius 2 is 1.93 bits per heavy atom.